The van der Waals surface area contributed by atoms with Crippen LogP contribution in [0.15, 0.2) is 10.9 Å². The Morgan fingerprint density at radius 2 is 2.39 bits per heavy atom. The molecule has 0 aliphatic heterocycles. The number of carbonyl (C=O) groups is 1. The van der Waals surface area contributed by atoms with Crippen LogP contribution < -0.4 is 5.32 Å². The Hall–Kier alpha value is -0.900. The number of aromatic nitrogens is 1. The average Bonchev–Trinajstić information content (AvgIpc) is 2.82. The third-order valence-electron chi connectivity index (χ3n) is 3.85. The minimum absolute atomic E-state index is 0.121. The lowest BCUT2D eigenvalue weighted by molar-refractivity contribution is -0.121. The maximum absolute atomic E-state index is 11.9. The average molecular weight is 266 g/mol. The van der Waals surface area contributed by atoms with Gasteiger partial charge in [-0.15, -0.1) is 11.3 Å². The van der Waals surface area contributed by atoms with E-state index in [-0.39, 0.29) is 5.91 Å². The van der Waals surface area contributed by atoms with Crippen molar-refractivity contribution in [2.24, 2.45) is 11.8 Å². The summed E-state index contributed by atoms with van der Waals surface area (Å²) in [5, 5.41) is 5.11. The molecule has 1 aromatic rings. The highest BCUT2D eigenvalue weighted by molar-refractivity contribution is 7.07. The highest BCUT2D eigenvalue weighted by Gasteiger charge is 2.25. The molecule has 1 saturated carbocycles. The Morgan fingerprint density at radius 1 is 1.56 bits per heavy atom. The van der Waals surface area contributed by atoms with Gasteiger partial charge in [-0.2, -0.15) is 0 Å². The van der Waals surface area contributed by atoms with E-state index in [1.54, 1.807) is 16.8 Å². The molecule has 100 valence electrons. The minimum Gasteiger partial charge on any atom is -0.353 e. The molecule has 0 aromatic carbocycles. The van der Waals surface area contributed by atoms with E-state index < -0.39 is 0 Å². The quantitative estimate of drug-likeness (QED) is 0.910. The summed E-state index contributed by atoms with van der Waals surface area (Å²) in [4.78, 5) is 16.1. The number of rotatable bonds is 4. The van der Waals surface area contributed by atoms with E-state index in [2.05, 4.69) is 24.1 Å². The van der Waals surface area contributed by atoms with Crippen molar-refractivity contribution < 1.29 is 4.79 Å². The summed E-state index contributed by atoms with van der Waals surface area (Å²) in [7, 11) is 0. The molecule has 1 aromatic heterocycles. The van der Waals surface area contributed by atoms with Gasteiger partial charge in [-0.3, -0.25) is 4.79 Å². The number of hydrogen-bond donors (Lipinski definition) is 1. The van der Waals surface area contributed by atoms with Crippen LogP contribution in [0.25, 0.3) is 0 Å². The number of amides is 1. The van der Waals surface area contributed by atoms with Crippen LogP contribution in [-0.4, -0.2) is 16.9 Å². The van der Waals surface area contributed by atoms with Crippen molar-refractivity contribution in [1.82, 2.24) is 10.3 Å². The third-order valence-corrected chi connectivity index (χ3v) is 4.48. The Bertz CT molecular complexity index is 375. The summed E-state index contributed by atoms with van der Waals surface area (Å²) in [5.74, 6) is 1.61. The van der Waals surface area contributed by atoms with Gasteiger partial charge in [0.1, 0.15) is 0 Å². The number of nitrogens with zero attached hydrogens (tertiary/aromatic N) is 1. The van der Waals surface area contributed by atoms with Crippen molar-refractivity contribution in [3.63, 3.8) is 0 Å². The normalized spacial score (nSPS) is 24.2. The fourth-order valence-electron chi connectivity index (χ4n) is 2.73. The zero-order chi connectivity index (χ0) is 13.0. The first-order valence-corrected chi connectivity index (χ1v) is 7.76. The Kier molecular flexibility index (Phi) is 4.75. The number of nitrogens with one attached hydrogen (secondary N) is 1. The largest absolute Gasteiger partial charge is 0.353 e. The molecule has 1 fully saturated rings. The van der Waals surface area contributed by atoms with Gasteiger partial charge in [0.15, 0.2) is 0 Å². The molecule has 1 N–H and O–H groups in total. The van der Waals surface area contributed by atoms with Crippen LogP contribution in [0.2, 0.25) is 0 Å². The summed E-state index contributed by atoms with van der Waals surface area (Å²) in [6.45, 7) is 4.56. The minimum atomic E-state index is 0.121. The molecule has 1 amide bonds. The molecular weight excluding hydrogens is 244 g/mol. The van der Waals surface area contributed by atoms with Crippen molar-refractivity contribution in [3.05, 3.63) is 16.6 Å². The van der Waals surface area contributed by atoms with Gasteiger partial charge in [-0.05, 0) is 24.7 Å². The molecule has 0 radical (unpaired) electrons. The van der Waals surface area contributed by atoms with E-state index >= 15 is 0 Å². The van der Waals surface area contributed by atoms with Gasteiger partial charge in [-0.1, -0.05) is 26.7 Å². The second kappa shape index (κ2) is 6.32. The summed E-state index contributed by atoms with van der Waals surface area (Å²) in [6, 6.07) is 0.372. The number of carbonyl (C=O) groups excluding carboxylic acids is 1. The lowest BCUT2D eigenvalue weighted by Gasteiger charge is -2.32. The summed E-state index contributed by atoms with van der Waals surface area (Å²) < 4.78 is 0. The SMILES string of the molecule is CC(C)[C@H]1CCC[C@@H](NC(=O)Cc2cscn2)C1. The molecule has 2 rings (SSSR count). The maximum Gasteiger partial charge on any atom is 0.226 e. The second-order valence-electron chi connectivity index (χ2n) is 5.59. The van der Waals surface area contributed by atoms with Crippen molar-refractivity contribution in [2.45, 2.75) is 52.0 Å². The van der Waals surface area contributed by atoms with E-state index in [1.807, 2.05) is 5.38 Å². The van der Waals surface area contributed by atoms with E-state index in [4.69, 9.17) is 0 Å². The standard InChI is InChI=1S/C14H22N2OS/c1-10(2)11-4-3-5-12(6-11)16-14(17)7-13-8-18-9-15-13/h8-12H,3-7H2,1-2H3,(H,16,17)/t11-,12+/m0/s1. The van der Waals surface area contributed by atoms with E-state index in [0.29, 0.717) is 12.5 Å². The number of hydrogen-bond acceptors (Lipinski definition) is 3. The number of thiazole rings is 1. The molecule has 2 atom stereocenters. The van der Waals surface area contributed by atoms with E-state index in [1.165, 1.54) is 12.8 Å². The first kappa shape index (κ1) is 13.5. The molecule has 0 spiro atoms. The molecule has 1 aliphatic rings. The highest BCUT2D eigenvalue weighted by atomic mass is 32.1. The highest BCUT2D eigenvalue weighted by Crippen LogP contribution is 2.29. The lowest BCUT2D eigenvalue weighted by Crippen LogP contribution is -2.40. The molecule has 4 heteroatoms. The van der Waals surface area contributed by atoms with Crippen LogP contribution >= 0.6 is 11.3 Å². The molecule has 3 nitrogen and oxygen atoms in total. The Labute approximate surface area is 113 Å². The van der Waals surface area contributed by atoms with Crippen molar-refractivity contribution in [2.75, 3.05) is 0 Å². The molecular formula is C14H22N2OS. The first-order valence-electron chi connectivity index (χ1n) is 6.81. The second-order valence-corrected chi connectivity index (χ2v) is 6.31. The van der Waals surface area contributed by atoms with Gasteiger partial charge in [0.2, 0.25) is 5.91 Å². The van der Waals surface area contributed by atoms with Gasteiger partial charge in [0.05, 0.1) is 17.6 Å². The smallest absolute Gasteiger partial charge is 0.226 e. The van der Waals surface area contributed by atoms with Crippen LogP contribution in [0.5, 0.6) is 0 Å². The van der Waals surface area contributed by atoms with Crippen LogP contribution in [-0.2, 0) is 11.2 Å². The van der Waals surface area contributed by atoms with Crippen molar-refractivity contribution in [1.29, 1.82) is 0 Å². The first-order chi connectivity index (χ1) is 8.65. The molecule has 0 saturated heterocycles. The summed E-state index contributed by atoms with van der Waals surface area (Å²) in [5.41, 5.74) is 2.66. The molecule has 0 bridgehead atoms. The predicted octanol–water partition coefficient (Wildman–Crippen LogP) is 3.02. The maximum atomic E-state index is 11.9. The molecule has 18 heavy (non-hydrogen) atoms. The molecule has 1 aliphatic carbocycles. The Balaban J connectivity index is 1.80. The lowest BCUT2D eigenvalue weighted by atomic mass is 9.79. The van der Waals surface area contributed by atoms with Crippen LogP contribution in [0.1, 0.15) is 45.2 Å². The fourth-order valence-corrected chi connectivity index (χ4v) is 3.29. The third kappa shape index (κ3) is 3.80. The Morgan fingerprint density at radius 3 is 3.06 bits per heavy atom. The summed E-state index contributed by atoms with van der Waals surface area (Å²) >= 11 is 1.54. The van der Waals surface area contributed by atoms with Crippen molar-refractivity contribution in [3.8, 4) is 0 Å². The van der Waals surface area contributed by atoms with Crippen molar-refractivity contribution >= 4 is 17.2 Å². The zero-order valence-electron chi connectivity index (χ0n) is 11.2. The van der Waals surface area contributed by atoms with E-state index in [9.17, 15) is 4.79 Å². The predicted molar refractivity (Wildman–Crippen MR) is 74.5 cm³/mol. The fraction of sp³-hybridized carbons (Fsp3) is 0.714. The molecule has 0 unspecified atom stereocenters. The monoisotopic (exact) mass is 266 g/mol. The zero-order valence-corrected chi connectivity index (χ0v) is 12.0. The van der Waals surface area contributed by atoms with Gasteiger partial charge in [0.25, 0.3) is 0 Å². The topological polar surface area (TPSA) is 42.0 Å². The van der Waals surface area contributed by atoms with Gasteiger partial charge >= 0.3 is 0 Å². The van der Waals surface area contributed by atoms with Crippen LogP contribution in [0, 0.1) is 11.8 Å². The van der Waals surface area contributed by atoms with E-state index in [0.717, 1.165) is 30.4 Å². The van der Waals surface area contributed by atoms with Crippen LogP contribution in [0.4, 0.5) is 0 Å². The van der Waals surface area contributed by atoms with Gasteiger partial charge in [0, 0.05) is 11.4 Å². The van der Waals surface area contributed by atoms with Crippen LogP contribution in [0.3, 0.4) is 0 Å². The summed E-state index contributed by atoms with van der Waals surface area (Å²) in [6.07, 6.45) is 5.25. The van der Waals surface area contributed by atoms with Gasteiger partial charge in [-0.25, -0.2) is 4.98 Å². The van der Waals surface area contributed by atoms with Gasteiger partial charge < -0.3 is 5.32 Å². The molecule has 1 heterocycles.